The van der Waals surface area contributed by atoms with Crippen LogP contribution in [-0.2, 0) is 19.3 Å². The summed E-state index contributed by atoms with van der Waals surface area (Å²) in [5, 5.41) is 0. The van der Waals surface area contributed by atoms with Crippen molar-refractivity contribution < 1.29 is 31.4 Å². The number of nitrogens with zero attached hydrogens (tertiary/aromatic N) is 4. The maximum Gasteiger partial charge on any atom is 0.433 e. The van der Waals surface area contributed by atoms with E-state index in [-0.39, 0.29) is 24.1 Å². The quantitative estimate of drug-likeness (QED) is 0.480. The Morgan fingerprint density at radius 1 is 1.09 bits per heavy atom. The van der Waals surface area contributed by atoms with E-state index in [1.807, 2.05) is 0 Å². The smallest absolute Gasteiger partial charge is 0.433 e. The van der Waals surface area contributed by atoms with E-state index in [1.165, 1.54) is 0 Å². The summed E-state index contributed by atoms with van der Waals surface area (Å²) in [5.74, 6) is -2.81. The molecular formula is C23H19F5N4O3. The van der Waals surface area contributed by atoms with Crippen LogP contribution < -0.4 is 20.1 Å². The van der Waals surface area contributed by atoms with Crippen LogP contribution in [0.2, 0.25) is 0 Å². The first-order valence-corrected chi connectivity index (χ1v) is 10.9. The van der Waals surface area contributed by atoms with Gasteiger partial charge in [0.25, 0.3) is 0 Å². The molecule has 1 unspecified atom stereocenters. The first-order chi connectivity index (χ1) is 16.7. The maximum atomic E-state index is 14.6. The molecule has 2 aromatic heterocycles. The predicted molar refractivity (Wildman–Crippen MR) is 113 cm³/mol. The summed E-state index contributed by atoms with van der Waals surface area (Å²) < 4.78 is 79.7. The number of fused-ring (bicyclic) bond motifs is 3. The van der Waals surface area contributed by atoms with Crippen molar-refractivity contribution in [3.05, 3.63) is 69.9 Å². The van der Waals surface area contributed by atoms with Gasteiger partial charge in [-0.05, 0) is 43.0 Å². The number of hydrogen-bond acceptors (Lipinski definition) is 6. The number of aromatic nitrogens is 3. The molecule has 1 fully saturated rings. The molecule has 1 atom stereocenters. The molecule has 0 saturated carbocycles. The van der Waals surface area contributed by atoms with E-state index in [0.29, 0.717) is 18.4 Å². The van der Waals surface area contributed by atoms with Crippen molar-refractivity contribution in [3.8, 4) is 17.4 Å². The van der Waals surface area contributed by atoms with Crippen molar-refractivity contribution in [1.29, 1.82) is 0 Å². The largest absolute Gasteiger partial charge is 0.473 e. The van der Waals surface area contributed by atoms with Gasteiger partial charge < -0.3 is 14.4 Å². The molecule has 12 heteroatoms. The zero-order valence-corrected chi connectivity index (χ0v) is 18.2. The van der Waals surface area contributed by atoms with Crippen LogP contribution in [0.25, 0.3) is 0 Å². The number of rotatable bonds is 5. The Bertz CT molecular complexity index is 1300. The van der Waals surface area contributed by atoms with Crippen LogP contribution in [0, 0.1) is 11.6 Å². The summed E-state index contributed by atoms with van der Waals surface area (Å²) in [7, 11) is 0. The highest BCUT2D eigenvalue weighted by atomic mass is 19.4. The van der Waals surface area contributed by atoms with Gasteiger partial charge in [-0.1, -0.05) is 0 Å². The minimum Gasteiger partial charge on any atom is -0.473 e. The van der Waals surface area contributed by atoms with Gasteiger partial charge in [-0.25, -0.2) is 13.6 Å². The number of ether oxygens (including phenoxy) is 2. The Balaban J connectivity index is 1.31. The van der Waals surface area contributed by atoms with Crippen LogP contribution in [0.4, 0.5) is 27.8 Å². The lowest BCUT2D eigenvalue weighted by atomic mass is 10.0. The molecular weight excluding hydrogens is 475 g/mol. The standard InChI is InChI=1S/C23H19F5N4O3/c24-16-7-13(8-17(25)21(16)35-15-4-5-29-18(9-15)23(26,27)28)12-34-19-10-20-31-6-2-1-3-14(31)11-32(20)22(33)30-19/h4-5,7-10,14H,1-3,6,11-12H2. The van der Waals surface area contributed by atoms with Gasteiger partial charge in [0, 0.05) is 37.5 Å². The molecule has 4 heterocycles. The minimum absolute atomic E-state index is 0.0325. The highest BCUT2D eigenvalue weighted by molar-refractivity contribution is 5.47. The number of alkyl halides is 3. The molecule has 3 aromatic rings. The highest BCUT2D eigenvalue weighted by Gasteiger charge is 2.34. The summed E-state index contributed by atoms with van der Waals surface area (Å²) >= 11 is 0. The first-order valence-electron chi connectivity index (χ1n) is 10.9. The number of halogens is 5. The van der Waals surface area contributed by atoms with Crippen molar-refractivity contribution in [2.24, 2.45) is 0 Å². The molecule has 0 spiro atoms. The number of pyridine rings is 1. The van der Waals surface area contributed by atoms with E-state index in [0.717, 1.165) is 50.2 Å². The van der Waals surface area contributed by atoms with Crippen molar-refractivity contribution in [1.82, 2.24) is 14.5 Å². The average molecular weight is 494 g/mol. The molecule has 35 heavy (non-hydrogen) atoms. The van der Waals surface area contributed by atoms with Crippen molar-refractivity contribution in [2.75, 3.05) is 11.4 Å². The van der Waals surface area contributed by atoms with E-state index in [1.54, 1.807) is 10.6 Å². The number of hydrogen-bond donors (Lipinski definition) is 0. The van der Waals surface area contributed by atoms with Crippen LogP contribution >= 0.6 is 0 Å². The fraction of sp³-hybridized carbons (Fsp3) is 0.348. The molecule has 184 valence electrons. The fourth-order valence-electron chi connectivity index (χ4n) is 4.36. The fourth-order valence-corrected chi connectivity index (χ4v) is 4.36. The molecule has 1 aromatic carbocycles. The third kappa shape index (κ3) is 4.64. The molecule has 0 N–H and O–H groups in total. The second kappa shape index (κ2) is 8.82. The summed E-state index contributed by atoms with van der Waals surface area (Å²) in [6.07, 6.45) is -0.800. The predicted octanol–water partition coefficient (Wildman–Crippen LogP) is 4.68. The van der Waals surface area contributed by atoms with Gasteiger partial charge in [-0.15, -0.1) is 0 Å². The zero-order chi connectivity index (χ0) is 24.7. The molecule has 7 nitrogen and oxygen atoms in total. The van der Waals surface area contributed by atoms with Gasteiger partial charge in [0.1, 0.15) is 23.9 Å². The highest BCUT2D eigenvalue weighted by Crippen LogP contribution is 2.34. The molecule has 0 bridgehead atoms. The monoisotopic (exact) mass is 494 g/mol. The first kappa shape index (κ1) is 23.1. The molecule has 2 aliphatic rings. The Kier molecular flexibility index (Phi) is 5.81. The van der Waals surface area contributed by atoms with Crippen molar-refractivity contribution in [3.63, 3.8) is 0 Å². The van der Waals surface area contributed by atoms with Gasteiger partial charge in [0.2, 0.25) is 5.88 Å². The average Bonchev–Trinajstić information content (AvgIpc) is 3.19. The van der Waals surface area contributed by atoms with Crippen LogP contribution in [0.15, 0.2) is 41.3 Å². The van der Waals surface area contributed by atoms with Gasteiger partial charge in [-0.2, -0.15) is 18.2 Å². The summed E-state index contributed by atoms with van der Waals surface area (Å²) in [5.41, 5.74) is -1.63. The molecule has 0 aliphatic carbocycles. The van der Waals surface area contributed by atoms with Gasteiger partial charge >= 0.3 is 11.9 Å². The van der Waals surface area contributed by atoms with Crippen LogP contribution in [0.3, 0.4) is 0 Å². The van der Waals surface area contributed by atoms with Crippen molar-refractivity contribution in [2.45, 2.75) is 44.6 Å². The Morgan fingerprint density at radius 3 is 2.60 bits per heavy atom. The van der Waals surface area contributed by atoms with Crippen LogP contribution in [-0.4, -0.2) is 27.1 Å². The number of piperidine rings is 1. The second-order valence-corrected chi connectivity index (χ2v) is 8.34. The lowest BCUT2D eigenvalue weighted by molar-refractivity contribution is -0.141. The molecule has 0 radical (unpaired) electrons. The molecule has 0 amide bonds. The number of benzene rings is 1. The van der Waals surface area contributed by atoms with Crippen LogP contribution in [0.1, 0.15) is 30.5 Å². The van der Waals surface area contributed by atoms with E-state index in [9.17, 15) is 26.7 Å². The second-order valence-electron chi connectivity index (χ2n) is 8.34. The molecule has 2 aliphatic heterocycles. The van der Waals surface area contributed by atoms with Gasteiger partial charge in [0.15, 0.2) is 17.4 Å². The normalized spacial score (nSPS) is 17.2. The van der Waals surface area contributed by atoms with Crippen LogP contribution in [0.5, 0.6) is 17.4 Å². The SMILES string of the molecule is O=c1nc(OCc2cc(F)c(Oc3ccnc(C(F)(F)F)c3)c(F)c2)cc2n1CC1CCCCN21. The zero-order valence-electron chi connectivity index (χ0n) is 18.2. The van der Waals surface area contributed by atoms with E-state index < -0.39 is 40.7 Å². The van der Waals surface area contributed by atoms with E-state index in [2.05, 4.69) is 14.9 Å². The summed E-state index contributed by atoms with van der Waals surface area (Å²) in [6.45, 7) is 1.11. The number of anilines is 1. The Labute approximate surface area is 195 Å². The molecule has 1 saturated heterocycles. The minimum atomic E-state index is -4.74. The molecule has 5 rings (SSSR count). The lowest BCUT2D eigenvalue weighted by Crippen LogP contribution is -2.36. The Hall–Kier alpha value is -3.70. The third-order valence-corrected chi connectivity index (χ3v) is 5.97. The van der Waals surface area contributed by atoms with Gasteiger partial charge in [-0.3, -0.25) is 9.55 Å². The van der Waals surface area contributed by atoms with Crippen molar-refractivity contribution >= 4 is 5.82 Å². The lowest BCUT2D eigenvalue weighted by Gasteiger charge is -2.30. The topological polar surface area (TPSA) is 69.5 Å². The van der Waals surface area contributed by atoms with E-state index >= 15 is 0 Å². The maximum absolute atomic E-state index is 14.6. The van der Waals surface area contributed by atoms with Gasteiger partial charge in [0.05, 0.1) is 0 Å². The Morgan fingerprint density at radius 2 is 1.86 bits per heavy atom. The van der Waals surface area contributed by atoms with E-state index in [4.69, 9.17) is 9.47 Å². The third-order valence-electron chi connectivity index (χ3n) is 5.97. The summed E-state index contributed by atoms with van der Waals surface area (Å²) in [6, 6.07) is 5.35. The summed E-state index contributed by atoms with van der Waals surface area (Å²) in [4.78, 5) is 21.7.